The summed E-state index contributed by atoms with van der Waals surface area (Å²) in [5.74, 6) is 1.26. The Morgan fingerprint density at radius 1 is 0.730 bits per heavy atom. The monoisotopic (exact) mass is 552 g/mol. The van der Waals surface area contributed by atoms with E-state index in [1.165, 1.54) is 8.61 Å². The number of rotatable bonds is 6. The van der Waals surface area contributed by atoms with E-state index in [1.54, 1.807) is 57.5 Å². The third-order valence-corrected chi connectivity index (χ3v) is 10.6. The summed E-state index contributed by atoms with van der Waals surface area (Å²) in [6.45, 7) is 13.9. The summed E-state index contributed by atoms with van der Waals surface area (Å²) in [4.78, 5) is 0.345. The smallest absolute Gasteiger partial charge is 0.243 e. The number of methoxy groups -OCH3 is 2. The molecular weight excluding hydrogens is 512 g/mol. The molecule has 1 saturated heterocycles. The van der Waals surface area contributed by atoms with Crippen LogP contribution in [0.1, 0.15) is 59.6 Å². The first-order chi connectivity index (χ1) is 16.9. The second-order valence-corrected chi connectivity index (χ2v) is 15.4. The van der Waals surface area contributed by atoms with Crippen LogP contribution in [0.4, 0.5) is 0 Å². The fourth-order valence-corrected chi connectivity index (χ4v) is 7.81. The number of benzene rings is 2. The fraction of sp³-hybridized carbons (Fsp3) is 0.556. The largest absolute Gasteiger partial charge is 0.496 e. The van der Waals surface area contributed by atoms with Crippen molar-refractivity contribution in [3.63, 3.8) is 0 Å². The first-order valence-corrected chi connectivity index (χ1v) is 15.2. The van der Waals surface area contributed by atoms with Crippen molar-refractivity contribution in [2.24, 2.45) is 0 Å². The molecule has 0 radical (unpaired) electrons. The van der Waals surface area contributed by atoms with E-state index in [0.717, 1.165) is 11.1 Å². The minimum atomic E-state index is -3.85. The topological polar surface area (TPSA) is 93.2 Å². The Bertz CT molecular complexity index is 1360. The van der Waals surface area contributed by atoms with Crippen molar-refractivity contribution in [2.45, 2.75) is 75.1 Å². The second-order valence-electron chi connectivity index (χ2n) is 11.6. The summed E-state index contributed by atoms with van der Waals surface area (Å²) >= 11 is 0. The molecule has 0 saturated carbocycles. The van der Waals surface area contributed by atoms with Crippen molar-refractivity contribution >= 4 is 20.0 Å². The van der Waals surface area contributed by atoms with Crippen LogP contribution in [0, 0.1) is 0 Å². The first kappa shape index (κ1) is 29.4. The van der Waals surface area contributed by atoms with Gasteiger partial charge in [-0.2, -0.15) is 8.61 Å². The van der Waals surface area contributed by atoms with E-state index in [1.807, 2.05) is 41.5 Å². The van der Waals surface area contributed by atoms with Crippen molar-refractivity contribution < 1.29 is 26.3 Å². The molecule has 37 heavy (non-hydrogen) atoms. The summed E-state index contributed by atoms with van der Waals surface area (Å²) in [7, 11) is -4.55. The number of ether oxygens (including phenoxy) is 2. The Balaban J connectivity index is 1.90. The molecule has 0 aromatic heterocycles. The molecule has 8 nitrogen and oxygen atoms in total. The minimum absolute atomic E-state index is 0.0563. The van der Waals surface area contributed by atoms with Gasteiger partial charge in [-0.05, 0) is 54.2 Å². The molecule has 3 rings (SSSR count). The molecule has 206 valence electrons. The molecule has 0 spiro atoms. The van der Waals surface area contributed by atoms with E-state index in [2.05, 4.69) is 0 Å². The van der Waals surface area contributed by atoms with Crippen LogP contribution in [-0.2, 0) is 30.9 Å². The molecule has 0 bridgehead atoms. The summed E-state index contributed by atoms with van der Waals surface area (Å²) in [5, 5.41) is 0. The lowest BCUT2D eigenvalue weighted by Crippen LogP contribution is -2.55. The number of piperazine rings is 1. The zero-order chi connectivity index (χ0) is 28.0. The van der Waals surface area contributed by atoms with Gasteiger partial charge in [0.25, 0.3) is 0 Å². The molecule has 1 atom stereocenters. The number of sulfonamides is 2. The second kappa shape index (κ2) is 10.2. The third kappa shape index (κ3) is 5.82. The molecule has 10 heteroatoms. The van der Waals surface area contributed by atoms with E-state index in [-0.39, 0.29) is 40.3 Å². The first-order valence-electron chi connectivity index (χ1n) is 12.3. The molecule has 2 aromatic rings. The maximum absolute atomic E-state index is 13.6. The SMILES string of the molecule is COc1ccc(S(=O)(=O)N2CCN(S(=O)(=O)c3ccc(OC)c(C(C)(C)C)c3)[C@H](C)C2)cc1C(C)(C)C. The molecule has 2 aromatic carbocycles. The van der Waals surface area contributed by atoms with Gasteiger partial charge >= 0.3 is 0 Å². The van der Waals surface area contributed by atoms with Gasteiger partial charge in [0.2, 0.25) is 20.0 Å². The minimum Gasteiger partial charge on any atom is -0.496 e. The normalized spacial score (nSPS) is 18.6. The quantitative estimate of drug-likeness (QED) is 0.528. The van der Waals surface area contributed by atoms with Gasteiger partial charge in [-0.25, -0.2) is 16.8 Å². The van der Waals surface area contributed by atoms with Crippen LogP contribution in [-0.4, -0.2) is 65.3 Å². The molecule has 0 amide bonds. The van der Waals surface area contributed by atoms with Crippen LogP contribution < -0.4 is 9.47 Å². The summed E-state index contributed by atoms with van der Waals surface area (Å²) in [6.07, 6.45) is 0. The van der Waals surface area contributed by atoms with Crippen LogP contribution in [0.25, 0.3) is 0 Å². The molecule has 0 N–H and O–H groups in total. The van der Waals surface area contributed by atoms with Gasteiger partial charge in [-0.1, -0.05) is 41.5 Å². The molecule has 1 aliphatic rings. The number of hydrogen-bond acceptors (Lipinski definition) is 6. The lowest BCUT2D eigenvalue weighted by molar-refractivity contribution is 0.212. The predicted octanol–water partition coefficient (Wildman–Crippen LogP) is 4.38. The Labute approximate surface area is 222 Å². The van der Waals surface area contributed by atoms with Gasteiger partial charge in [0.15, 0.2) is 0 Å². The highest BCUT2D eigenvalue weighted by atomic mass is 32.2. The molecule has 1 aliphatic heterocycles. The van der Waals surface area contributed by atoms with Crippen LogP contribution in [0.15, 0.2) is 46.2 Å². The van der Waals surface area contributed by atoms with E-state index in [4.69, 9.17) is 9.47 Å². The van der Waals surface area contributed by atoms with Crippen LogP contribution in [0.5, 0.6) is 11.5 Å². The summed E-state index contributed by atoms with van der Waals surface area (Å²) in [6, 6.07) is 9.22. The van der Waals surface area contributed by atoms with Crippen LogP contribution in [0.3, 0.4) is 0 Å². The average Bonchev–Trinajstić information content (AvgIpc) is 2.81. The fourth-order valence-electron chi connectivity index (χ4n) is 4.63. The molecular formula is C27H40N2O6S2. The Kier molecular flexibility index (Phi) is 8.11. The van der Waals surface area contributed by atoms with Crippen molar-refractivity contribution in [2.75, 3.05) is 33.9 Å². The molecule has 0 aliphatic carbocycles. The van der Waals surface area contributed by atoms with Gasteiger partial charge in [0.1, 0.15) is 11.5 Å². The third-order valence-electron chi connectivity index (χ3n) is 6.73. The van der Waals surface area contributed by atoms with Gasteiger partial charge in [0.05, 0.1) is 24.0 Å². The highest BCUT2D eigenvalue weighted by Crippen LogP contribution is 2.36. The Morgan fingerprint density at radius 2 is 1.16 bits per heavy atom. The lowest BCUT2D eigenvalue weighted by atomic mass is 9.86. The van der Waals surface area contributed by atoms with E-state index in [0.29, 0.717) is 11.5 Å². The summed E-state index contributed by atoms with van der Waals surface area (Å²) < 4.78 is 68.1. The standard InChI is InChI=1S/C27H40N2O6S2/c1-19-18-28(36(30,31)20-10-12-24(34-8)22(16-20)26(2,3)4)14-15-29(19)37(32,33)21-11-13-25(35-9)23(17-21)27(5,6)7/h10-13,16-17,19H,14-15,18H2,1-9H3/t19-/m1/s1. The van der Waals surface area contributed by atoms with Gasteiger partial charge < -0.3 is 9.47 Å². The van der Waals surface area contributed by atoms with Gasteiger partial charge in [-0.15, -0.1) is 0 Å². The molecule has 1 fully saturated rings. The zero-order valence-corrected chi connectivity index (χ0v) is 25.0. The van der Waals surface area contributed by atoms with E-state index in [9.17, 15) is 16.8 Å². The highest BCUT2D eigenvalue weighted by Gasteiger charge is 2.39. The number of hydrogen-bond donors (Lipinski definition) is 0. The van der Waals surface area contributed by atoms with Crippen molar-refractivity contribution in [3.05, 3.63) is 47.5 Å². The average molecular weight is 553 g/mol. The van der Waals surface area contributed by atoms with Crippen molar-refractivity contribution in [1.82, 2.24) is 8.61 Å². The van der Waals surface area contributed by atoms with Crippen molar-refractivity contribution in [1.29, 1.82) is 0 Å². The Hall–Kier alpha value is -2.14. The molecule has 0 unspecified atom stereocenters. The van der Waals surface area contributed by atoms with E-state index < -0.39 is 26.1 Å². The van der Waals surface area contributed by atoms with Gasteiger partial charge in [0, 0.05) is 36.8 Å². The zero-order valence-electron chi connectivity index (χ0n) is 23.3. The van der Waals surface area contributed by atoms with Crippen LogP contribution >= 0.6 is 0 Å². The van der Waals surface area contributed by atoms with Crippen LogP contribution in [0.2, 0.25) is 0 Å². The Morgan fingerprint density at radius 3 is 1.54 bits per heavy atom. The highest BCUT2D eigenvalue weighted by molar-refractivity contribution is 7.89. The van der Waals surface area contributed by atoms with Crippen molar-refractivity contribution in [3.8, 4) is 11.5 Å². The van der Waals surface area contributed by atoms with Gasteiger partial charge in [-0.3, -0.25) is 0 Å². The molecule has 1 heterocycles. The number of nitrogens with zero attached hydrogens (tertiary/aromatic N) is 2. The maximum atomic E-state index is 13.6. The maximum Gasteiger partial charge on any atom is 0.243 e. The van der Waals surface area contributed by atoms with E-state index >= 15 is 0 Å². The lowest BCUT2D eigenvalue weighted by Gasteiger charge is -2.38. The summed E-state index contributed by atoms with van der Waals surface area (Å²) in [5.41, 5.74) is 0.944. The predicted molar refractivity (Wildman–Crippen MR) is 146 cm³/mol.